The number of nitrogens with zero attached hydrogens (tertiary/aromatic N) is 5. The van der Waals surface area contributed by atoms with Crippen molar-refractivity contribution in [3.8, 4) is 39.4 Å². The fourth-order valence-corrected chi connectivity index (χ4v) is 6.88. The molecule has 3 N–H and O–H groups in total. The molecule has 278 valence electrons. The molecule has 0 aliphatic carbocycles. The zero-order valence-corrected chi connectivity index (χ0v) is 30.0. The molecule has 2 aromatic carbocycles. The van der Waals surface area contributed by atoms with Crippen molar-refractivity contribution < 1.29 is 32.6 Å². The maximum Gasteiger partial charge on any atom is 0.407 e. The van der Waals surface area contributed by atoms with Gasteiger partial charge in [0.2, 0.25) is 11.8 Å². The van der Waals surface area contributed by atoms with E-state index in [-0.39, 0.29) is 60.9 Å². The van der Waals surface area contributed by atoms with Crippen molar-refractivity contribution in [3.63, 3.8) is 0 Å². The number of nitrogens with one attached hydrogen (secondary N) is 2. The monoisotopic (exact) mass is 771 g/mol. The highest BCUT2D eigenvalue weighted by Crippen LogP contribution is 2.42. The fourth-order valence-electron chi connectivity index (χ4n) is 6.22. The molecule has 6 rings (SSSR count). The Hall–Kier alpha value is -5.12. The van der Waals surface area contributed by atoms with Crippen LogP contribution in [-0.4, -0.2) is 73.6 Å². The second-order valence-electron chi connectivity index (χ2n) is 12.5. The predicted octanol–water partition coefficient (Wildman–Crippen LogP) is 6.55. The summed E-state index contributed by atoms with van der Waals surface area (Å²) < 4.78 is 46.0. The zero-order valence-electron chi connectivity index (χ0n) is 28.5. The number of carbonyl (C=O) groups is 2. The number of rotatable bonds is 12. The van der Waals surface area contributed by atoms with Gasteiger partial charge in [-0.25, -0.2) is 14.3 Å². The van der Waals surface area contributed by atoms with Crippen molar-refractivity contribution in [2.24, 2.45) is 7.05 Å². The first-order valence-electron chi connectivity index (χ1n) is 16.5. The van der Waals surface area contributed by atoms with Crippen LogP contribution in [0.1, 0.15) is 30.7 Å². The van der Waals surface area contributed by atoms with E-state index in [2.05, 4.69) is 20.7 Å². The molecular weight excluding hydrogens is 738 g/mol. The van der Waals surface area contributed by atoms with E-state index in [0.717, 1.165) is 0 Å². The van der Waals surface area contributed by atoms with E-state index >= 15 is 0 Å². The standard InChI is InChI=1S/C36H34Cl2F3N7O5/c1-46-29(16-42-14-13-36(39,40)41)45-48-18-21(15-28(48)34(46)50)23-5-3-6-24(31(23)37)25-7-4-8-26(32(25)38)27-11-9-20(33(44-27)53-2)17-47(35(51)52)19-22-10-12-30(49)43-22/h3-9,11,15,18,22,42H,10,12-14,16-17,19H2,1-2H3,(H,43,49)(H,51,52). The molecule has 1 unspecified atom stereocenters. The van der Waals surface area contributed by atoms with Crippen molar-refractivity contribution in [1.82, 2.24) is 34.7 Å². The lowest BCUT2D eigenvalue weighted by atomic mass is 9.97. The number of aromatic nitrogens is 4. The summed E-state index contributed by atoms with van der Waals surface area (Å²) in [5, 5.41) is 20.5. The van der Waals surface area contributed by atoms with Crippen molar-refractivity contribution in [1.29, 1.82) is 0 Å². The molecule has 4 heterocycles. The van der Waals surface area contributed by atoms with Gasteiger partial charge in [0.05, 0.1) is 42.4 Å². The Morgan fingerprint density at radius 2 is 1.75 bits per heavy atom. The number of ether oxygens (including phenoxy) is 1. The number of benzene rings is 2. The van der Waals surface area contributed by atoms with Gasteiger partial charge in [0, 0.05) is 72.2 Å². The summed E-state index contributed by atoms with van der Waals surface area (Å²) >= 11 is 14.1. The fraction of sp³-hybridized carbons (Fsp3) is 0.306. The SMILES string of the molecule is COc1nc(-c2cccc(-c3cccc(-c4cc5c(=O)n(C)c(CNCCC(F)(F)F)nn5c4)c3Cl)c2Cl)ccc1CN(CC1CCC(=O)N1)C(=O)O. The van der Waals surface area contributed by atoms with Crippen molar-refractivity contribution >= 4 is 40.7 Å². The highest BCUT2D eigenvalue weighted by atomic mass is 35.5. The summed E-state index contributed by atoms with van der Waals surface area (Å²) in [6, 6.07) is 15.6. The number of fused-ring (bicyclic) bond motifs is 1. The van der Waals surface area contributed by atoms with Crippen LogP contribution >= 0.6 is 23.2 Å². The topological polar surface area (TPSA) is 143 Å². The Morgan fingerprint density at radius 3 is 2.40 bits per heavy atom. The number of alkyl halides is 3. The number of amides is 2. The molecular formula is C36H34Cl2F3N7O5. The molecule has 0 radical (unpaired) electrons. The third kappa shape index (κ3) is 8.27. The minimum atomic E-state index is -4.30. The average molecular weight is 773 g/mol. The van der Waals surface area contributed by atoms with Gasteiger partial charge in [0.15, 0.2) is 0 Å². The normalized spacial score (nSPS) is 14.5. The van der Waals surface area contributed by atoms with E-state index in [0.29, 0.717) is 62.0 Å². The summed E-state index contributed by atoms with van der Waals surface area (Å²) in [4.78, 5) is 42.7. The molecule has 5 aromatic rings. The van der Waals surface area contributed by atoms with Crippen LogP contribution in [0.5, 0.6) is 5.88 Å². The van der Waals surface area contributed by atoms with E-state index in [1.165, 1.54) is 28.1 Å². The average Bonchev–Trinajstić information content (AvgIpc) is 3.74. The largest absolute Gasteiger partial charge is 0.481 e. The summed E-state index contributed by atoms with van der Waals surface area (Å²) in [6.07, 6.45) is -3.91. The Bertz CT molecular complexity index is 2260. The number of hydrogen-bond donors (Lipinski definition) is 3. The molecule has 1 aliphatic heterocycles. The third-order valence-electron chi connectivity index (χ3n) is 8.97. The molecule has 17 heteroatoms. The van der Waals surface area contributed by atoms with Gasteiger partial charge >= 0.3 is 12.3 Å². The van der Waals surface area contributed by atoms with E-state index in [9.17, 15) is 32.7 Å². The molecule has 1 atom stereocenters. The van der Waals surface area contributed by atoms with E-state index in [1.54, 1.807) is 60.8 Å². The minimum Gasteiger partial charge on any atom is -0.481 e. The van der Waals surface area contributed by atoms with Crippen LogP contribution in [0.3, 0.4) is 0 Å². The van der Waals surface area contributed by atoms with Gasteiger partial charge in [0.1, 0.15) is 11.3 Å². The summed E-state index contributed by atoms with van der Waals surface area (Å²) in [5.74, 6) is 0.366. The molecule has 1 saturated heterocycles. The van der Waals surface area contributed by atoms with Gasteiger partial charge in [-0.3, -0.25) is 14.2 Å². The van der Waals surface area contributed by atoms with Crippen LogP contribution < -0.4 is 20.9 Å². The molecule has 3 aromatic heterocycles. The molecule has 0 saturated carbocycles. The summed E-state index contributed by atoms with van der Waals surface area (Å²) in [5.41, 5.74) is 3.81. The molecule has 1 aliphatic rings. The van der Waals surface area contributed by atoms with Gasteiger partial charge in [-0.15, -0.1) is 0 Å². The summed E-state index contributed by atoms with van der Waals surface area (Å²) in [7, 11) is 2.95. The van der Waals surface area contributed by atoms with Gasteiger partial charge in [-0.05, 0) is 24.6 Å². The van der Waals surface area contributed by atoms with Gasteiger partial charge in [-0.2, -0.15) is 18.3 Å². The second-order valence-corrected chi connectivity index (χ2v) is 13.3. The number of hydrogen-bond acceptors (Lipinski definition) is 7. The van der Waals surface area contributed by atoms with Crippen LogP contribution in [0.15, 0.2) is 65.6 Å². The smallest absolute Gasteiger partial charge is 0.407 e. The van der Waals surface area contributed by atoms with Crippen LogP contribution in [-0.2, 0) is 24.9 Å². The quantitative estimate of drug-likeness (QED) is 0.121. The predicted molar refractivity (Wildman–Crippen MR) is 193 cm³/mol. The molecule has 1 fully saturated rings. The highest BCUT2D eigenvalue weighted by molar-refractivity contribution is 6.39. The van der Waals surface area contributed by atoms with E-state index < -0.39 is 18.7 Å². The van der Waals surface area contributed by atoms with Crippen LogP contribution in [0, 0.1) is 0 Å². The second kappa shape index (κ2) is 15.5. The Kier molecular flexibility index (Phi) is 11.0. The van der Waals surface area contributed by atoms with Crippen LogP contribution in [0.2, 0.25) is 10.0 Å². The van der Waals surface area contributed by atoms with Crippen LogP contribution in [0.4, 0.5) is 18.0 Å². The molecule has 53 heavy (non-hydrogen) atoms. The number of halogens is 5. The minimum absolute atomic E-state index is 0.00880. The first-order valence-corrected chi connectivity index (χ1v) is 17.2. The lowest BCUT2D eigenvalue weighted by Crippen LogP contribution is -2.41. The first kappa shape index (κ1) is 37.6. The van der Waals surface area contributed by atoms with Crippen molar-refractivity contribution in [2.75, 3.05) is 20.2 Å². The summed E-state index contributed by atoms with van der Waals surface area (Å²) in [6.45, 7) is -0.240. The number of carboxylic acid groups (broad SMARTS) is 1. The Morgan fingerprint density at radius 1 is 1.08 bits per heavy atom. The van der Waals surface area contributed by atoms with E-state index in [4.69, 9.17) is 27.9 Å². The van der Waals surface area contributed by atoms with Crippen molar-refractivity contribution in [3.05, 3.63) is 92.6 Å². The maximum atomic E-state index is 13.2. The first-order chi connectivity index (χ1) is 25.2. The molecule has 12 nitrogen and oxygen atoms in total. The van der Waals surface area contributed by atoms with Gasteiger partial charge in [0.25, 0.3) is 5.56 Å². The van der Waals surface area contributed by atoms with Gasteiger partial charge in [-0.1, -0.05) is 59.6 Å². The third-order valence-corrected chi connectivity index (χ3v) is 9.78. The van der Waals surface area contributed by atoms with Gasteiger partial charge < -0.3 is 25.4 Å². The van der Waals surface area contributed by atoms with Crippen LogP contribution in [0.25, 0.3) is 39.0 Å². The molecule has 0 bridgehead atoms. The number of methoxy groups -OCH3 is 1. The molecule has 2 amide bonds. The van der Waals surface area contributed by atoms with Crippen molar-refractivity contribution in [2.45, 2.75) is 44.6 Å². The number of pyridine rings is 1. The molecule has 0 spiro atoms. The highest BCUT2D eigenvalue weighted by Gasteiger charge is 2.27. The van der Waals surface area contributed by atoms with E-state index in [1.807, 2.05) is 0 Å². The Labute approximate surface area is 311 Å². The zero-order chi connectivity index (χ0) is 38.0. The lowest BCUT2D eigenvalue weighted by Gasteiger charge is -2.23. The Balaban J connectivity index is 1.27. The lowest BCUT2D eigenvalue weighted by molar-refractivity contribution is -0.133. The number of carbonyl (C=O) groups excluding carboxylic acids is 1. The maximum absolute atomic E-state index is 13.2.